The Labute approximate surface area is 190 Å². The third kappa shape index (κ3) is 9.95. The maximum atomic E-state index is 12.3. The Bertz CT molecular complexity index is 638. The molecule has 3 amide bonds. The summed E-state index contributed by atoms with van der Waals surface area (Å²) in [6, 6.07) is -2.98. The first-order valence-corrected chi connectivity index (χ1v) is 11.6. The summed E-state index contributed by atoms with van der Waals surface area (Å²) in [5, 5.41) is 20.4. The van der Waals surface area contributed by atoms with Crippen molar-refractivity contribution in [2.75, 3.05) is 13.1 Å². The third-order valence-electron chi connectivity index (χ3n) is 5.94. The van der Waals surface area contributed by atoms with E-state index in [1.165, 1.54) is 26.2 Å². The van der Waals surface area contributed by atoms with E-state index in [0.717, 1.165) is 6.54 Å². The van der Waals surface area contributed by atoms with E-state index in [4.69, 9.17) is 5.73 Å². The lowest BCUT2D eigenvalue weighted by Gasteiger charge is -2.27. The molecule has 32 heavy (non-hydrogen) atoms. The number of carbonyl (C=O) groups excluding carboxylic acids is 3. The van der Waals surface area contributed by atoms with Gasteiger partial charge in [0.2, 0.25) is 17.7 Å². The first kappa shape index (κ1) is 27.8. The number of hydrogen-bond acceptors (Lipinski definition) is 6. The number of aliphatic carboxylic acids is 1. The quantitative estimate of drug-likeness (QED) is 0.191. The van der Waals surface area contributed by atoms with Gasteiger partial charge in [0, 0.05) is 6.54 Å². The number of nitrogens with two attached hydrogens (primary N) is 1. The molecular weight excluding hydrogens is 414 g/mol. The molecule has 0 radical (unpaired) electrons. The first-order valence-electron chi connectivity index (χ1n) is 11.6. The minimum Gasteiger partial charge on any atom is -0.480 e. The molecule has 10 nitrogen and oxygen atoms in total. The van der Waals surface area contributed by atoms with Crippen molar-refractivity contribution in [3.8, 4) is 0 Å². The fraction of sp³-hybridized carbons (Fsp3) is 0.818. The van der Waals surface area contributed by atoms with Crippen molar-refractivity contribution in [1.82, 2.24) is 21.3 Å². The maximum Gasteiger partial charge on any atom is 0.326 e. The zero-order valence-electron chi connectivity index (χ0n) is 19.8. The largest absolute Gasteiger partial charge is 0.480 e. The lowest BCUT2D eigenvalue weighted by Crippen LogP contribution is -2.54. The summed E-state index contributed by atoms with van der Waals surface area (Å²) < 4.78 is 0. The number of unbranched alkanes of at least 4 members (excludes halogenated alkanes) is 1. The highest BCUT2D eigenvalue weighted by molar-refractivity contribution is 5.91. The van der Waals surface area contributed by atoms with Crippen LogP contribution in [-0.4, -0.2) is 66.1 Å². The van der Waals surface area contributed by atoms with Crippen LogP contribution in [0.15, 0.2) is 0 Å². The molecule has 0 saturated heterocycles. The van der Waals surface area contributed by atoms with Crippen LogP contribution in [0, 0.1) is 11.8 Å². The van der Waals surface area contributed by atoms with Gasteiger partial charge < -0.3 is 32.1 Å². The zero-order valence-corrected chi connectivity index (χ0v) is 19.8. The van der Waals surface area contributed by atoms with Gasteiger partial charge in [0.25, 0.3) is 0 Å². The molecule has 4 atom stereocenters. The van der Waals surface area contributed by atoms with Gasteiger partial charge in [-0.25, -0.2) is 4.79 Å². The highest BCUT2D eigenvalue weighted by Gasteiger charge is 2.26. The molecule has 1 aliphatic carbocycles. The molecule has 1 rings (SSSR count). The summed E-state index contributed by atoms with van der Waals surface area (Å²) in [7, 11) is 0. The molecule has 0 aromatic carbocycles. The molecule has 1 saturated carbocycles. The second-order valence-electron chi connectivity index (χ2n) is 9.11. The van der Waals surface area contributed by atoms with Gasteiger partial charge in [-0.05, 0) is 64.3 Å². The maximum absolute atomic E-state index is 12.3. The molecule has 10 heteroatoms. The summed E-state index contributed by atoms with van der Waals surface area (Å²) in [6.07, 6.45) is 5.04. The Balaban J connectivity index is 2.29. The lowest BCUT2D eigenvalue weighted by atomic mass is 9.85. The normalized spacial score (nSPS) is 17.6. The monoisotopic (exact) mass is 455 g/mol. The molecule has 0 heterocycles. The van der Waals surface area contributed by atoms with Gasteiger partial charge in [-0.3, -0.25) is 14.4 Å². The number of carboxylic acid groups (broad SMARTS) is 1. The van der Waals surface area contributed by atoms with Gasteiger partial charge in [-0.15, -0.1) is 0 Å². The van der Waals surface area contributed by atoms with Crippen molar-refractivity contribution in [1.29, 1.82) is 0 Å². The Morgan fingerprint density at radius 3 is 2.12 bits per heavy atom. The van der Waals surface area contributed by atoms with Crippen LogP contribution in [0.25, 0.3) is 0 Å². The average molecular weight is 456 g/mol. The molecule has 0 aromatic rings. The van der Waals surface area contributed by atoms with Crippen LogP contribution in [0.5, 0.6) is 0 Å². The van der Waals surface area contributed by atoms with Crippen molar-refractivity contribution in [3.63, 3.8) is 0 Å². The van der Waals surface area contributed by atoms with Crippen LogP contribution in [-0.2, 0) is 19.2 Å². The third-order valence-corrected chi connectivity index (χ3v) is 5.94. The Kier molecular flexibility index (Phi) is 12.2. The van der Waals surface area contributed by atoms with Gasteiger partial charge >= 0.3 is 5.97 Å². The summed E-state index contributed by atoms with van der Waals surface area (Å²) in [5.41, 5.74) is 5.76. The topological polar surface area (TPSA) is 163 Å². The smallest absolute Gasteiger partial charge is 0.326 e. The van der Waals surface area contributed by atoms with E-state index in [0.29, 0.717) is 25.3 Å². The van der Waals surface area contributed by atoms with Crippen molar-refractivity contribution in [2.45, 2.75) is 90.4 Å². The fourth-order valence-corrected chi connectivity index (χ4v) is 3.20. The van der Waals surface area contributed by atoms with E-state index in [1.54, 1.807) is 13.8 Å². The predicted molar refractivity (Wildman–Crippen MR) is 122 cm³/mol. The first-order chi connectivity index (χ1) is 15.0. The zero-order chi connectivity index (χ0) is 24.3. The molecule has 7 N–H and O–H groups in total. The fourth-order valence-electron chi connectivity index (χ4n) is 3.20. The van der Waals surface area contributed by atoms with Crippen LogP contribution in [0.4, 0.5) is 0 Å². The minimum atomic E-state index is -1.14. The number of carbonyl (C=O) groups is 4. The van der Waals surface area contributed by atoms with E-state index in [9.17, 15) is 24.3 Å². The highest BCUT2D eigenvalue weighted by atomic mass is 16.4. The lowest BCUT2D eigenvalue weighted by molar-refractivity contribution is -0.142. The van der Waals surface area contributed by atoms with Gasteiger partial charge in [0.15, 0.2) is 0 Å². The number of hydrogen-bond donors (Lipinski definition) is 6. The number of rotatable bonds is 15. The molecule has 0 aliphatic heterocycles. The molecule has 0 bridgehead atoms. The average Bonchev–Trinajstić information content (AvgIpc) is 2.69. The van der Waals surface area contributed by atoms with E-state index in [2.05, 4.69) is 21.3 Å². The van der Waals surface area contributed by atoms with E-state index < -0.39 is 35.9 Å². The van der Waals surface area contributed by atoms with E-state index in [-0.39, 0.29) is 24.3 Å². The van der Waals surface area contributed by atoms with Crippen molar-refractivity contribution in [3.05, 3.63) is 0 Å². The molecule has 184 valence electrons. The summed E-state index contributed by atoms with van der Waals surface area (Å²) in [6.45, 7) is 8.20. The molecule has 0 aromatic heterocycles. The van der Waals surface area contributed by atoms with Crippen LogP contribution < -0.4 is 27.0 Å². The molecule has 1 fully saturated rings. The van der Waals surface area contributed by atoms with Crippen molar-refractivity contribution < 1.29 is 24.3 Å². The van der Waals surface area contributed by atoms with E-state index in [1.807, 2.05) is 6.92 Å². The molecule has 0 spiro atoms. The minimum absolute atomic E-state index is 0.0726. The van der Waals surface area contributed by atoms with Crippen LogP contribution in [0.2, 0.25) is 0 Å². The van der Waals surface area contributed by atoms with Crippen LogP contribution in [0.1, 0.15) is 66.2 Å². The Hall–Kier alpha value is -2.20. The van der Waals surface area contributed by atoms with Crippen LogP contribution >= 0.6 is 0 Å². The molecule has 1 aliphatic rings. The van der Waals surface area contributed by atoms with Gasteiger partial charge in [0.1, 0.15) is 12.1 Å². The highest BCUT2D eigenvalue weighted by Crippen LogP contribution is 2.25. The van der Waals surface area contributed by atoms with Gasteiger partial charge in [-0.1, -0.05) is 20.3 Å². The van der Waals surface area contributed by atoms with Gasteiger partial charge in [-0.2, -0.15) is 0 Å². The summed E-state index contributed by atoms with van der Waals surface area (Å²) in [5.74, 6) is -1.66. The SMILES string of the molecule is CC(C)C(N)C(=O)N[C@@H](C)C(=O)N[C@@H](CCCCNC(=O)[C@H](C)NCC1CCC1)C(=O)O. The molecule has 1 unspecified atom stereocenters. The summed E-state index contributed by atoms with van der Waals surface area (Å²) >= 11 is 0. The Morgan fingerprint density at radius 2 is 1.59 bits per heavy atom. The standard InChI is InChI=1S/C22H41N5O5/c1-13(2)18(23)21(30)26-15(4)20(29)27-17(22(31)32)10-5-6-11-24-19(28)14(3)25-12-16-8-7-9-16/h13-18,25H,5-12,23H2,1-4H3,(H,24,28)(H,26,30)(H,27,29)(H,31,32)/t14-,15-,17-,18?/m0/s1. The van der Waals surface area contributed by atoms with E-state index >= 15 is 0 Å². The van der Waals surface area contributed by atoms with Gasteiger partial charge in [0.05, 0.1) is 12.1 Å². The predicted octanol–water partition coefficient (Wildman–Crippen LogP) is 0.109. The Morgan fingerprint density at radius 1 is 0.938 bits per heavy atom. The van der Waals surface area contributed by atoms with Crippen LogP contribution in [0.3, 0.4) is 0 Å². The second kappa shape index (κ2) is 14.1. The van der Waals surface area contributed by atoms with Crippen molar-refractivity contribution in [2.24, 2.45) is 17.6 Å². The second-order valence-corrected chi connectivity index (χ2v) is 9.11. The van der Waals surface area contributed by atoms with Crippen molar-refractivity contribution >= 4 is 23.7 Å². The summed E-state index contributed by atoms with van der Waals surface area (Å²) in [4.78, 5) is 47.9. The number of amides is 3. The number of nitrogens with one attached hydrogen (secondary N) is 4. The molecular formula is C22H41N5O5. The number of carboxylic acids is 1.